The smallest absolute Gasteiger partial charge is 0.239 e. The molecule has 1 heterocycles. The van der Waals surface area contributed by atoms with Crippen LogP contribution in [-0.4, -0.2) is 11.9 Å². The molecule has 1 amide bonds. The van der Waals surface area contributed by atoms with E-state index in [1.165, 1.54) is 5.56 Å². The number of hydrogen-bond donors (Lipinski definition) is 2. The number of primary amides is 1. The molecule has 0 spiro atoms. The summed E-state index contributed by atoms with van der Waals surface area (Å²) < 4.78 is 0. The van der Waals surface area contributed by atoms with Crippen LogP contribution in [0.4, 0.5) is 5.69 Å². The van der Waals surface area contributed by atoms with Crippen LogP contribution in [0.1, 0.15) is 12.0 Å². The van der Waals surface area contributed by atoms with Crippen LogP contribution in [0.3, 0.4) is 0 Å². The van der Waals surface area contributed by atoms with E-state index in [9.17, 15) is 4.79 Å². The lowest BCUT2D eigenvalue weighted by atomic mass is 9.98. The van der Waals surface area contributed by atoms with Gasteiger partial charge in [-0.1, -0.05) is 17.7 Å². The molecule has 1 aromatic rings. The monoisotopic (exact) mass is 210 g/mol. The highest BCUT2D eigenvalue weighted by molar-refractivity contribution is 6.30. The highest BCUT2D eigenvalue weighted by Crippen LogP contribution is 2.27. The molecule has 4 heteroatoms. The molecule has 0 fully saturated rings. The van der Waals surface area contributed by atoms with Crippen molar-refractivity contribution in [1.82, 2.24) is 0 Å². The van der Waals surface area contributed by atoms with E-state index in [2.05, 4.69) is 5.32 Å². The number of rotatable bonds is 1. The Labute approximate surface area is 87.2 Å². The van der Waals surface area contributed by atoms with E-state index >= 15 is 0 Å². The number of nitrogens with two attached hydrogens (primary N) is 1. The zero-order valence-corrected chi connectivity index (χ0v) is 8.34. The third-order valence-corrected chi connectivity index (χ3v) is 2.68. The molecule has 2 rings (SSSR count). The van der Waals surface area contributed by atoms with Crippen molar-refractivity contribution in [3.8, 4) is 0 Å². The van der Waals surface area contributed by atoms with Gasteiger partial charge in [-0.2, -0.15) is 0 Å². The van der Waals surface area contributed by atoms with Gasteiger partial charge >= 0.3 is 0 Å². The van der Waals surface area contributed by atoms with E-state index < -0.39 is 0 Å². The van der Waals surface area contributed by atoms with Crippen molar-refractivity contribution in [2.24, 2.45) is 5.73 Å². The molecule has 1 aliphatic rings. The standard InChI is InChI=1S/C10H11ClN2O/c11-7-3-1-6-2-4-8(10(12)14)13-9(6)5-7/h1,3,5,8,13H,2,4H2,(H2,12,14). The number of hydrogen-bond acceptors (Lipinski definition) is 2. The van der Waals surface area contributed by atoms with Crippen molar-refractivity contribution in [2.75, 3.05) is 5.32 Å². The van der Waals surface area contributed by atoms with Crippen LogP contribution >= 0.6 is 11.6 Å². The minimum atomic E-state index is -0.310. The Hall–Kier alpha value is -1.22. The molecule has 74 valence electrons. The van der Waals surface area contributed by atoms with E-state index in [0.29, 0.717) is 5.02 Å². The number of halogens is 1. The lowest BCUT2D eigenvalue weighted by Gasteiger charge is -2.24. The van der Waals surface area contributed by atoms with Gasteiger partial charge in [-0.3, -0.25) is 4.79 Å². The van der Waals surface area contributed by atoms with Gasteiger partial charge < -0.3 is 11.1 Å². The molecule has 1 atom stereocenters. The Balaban J connectivity index is 2.29. The van der Waals surface area contributed by atoms with Crippen molar-refractivity contribution >= 4 is 23.2 Å². The molecule has 3 nitrogen and oxygen atoms in total. The summed E-state index contributed by atoms with van der Waals surface area (Å²) in [4.78, 5) is 11.0. The molecule has 1 aliphatic heterocycles. The predicted molar refractivity (Wildman–Crippen MR) is 56.4 cm³/mol. The lowest BCUT2D eigenvalue weighted by Crippen LogP contribution is -2.38. The van der Waals surface area contributed by atoms with E-state index in [1.807, 2.05) is 18.2 Å². The summed E-state index contributed by atoms with van der Waals surface area (Å²) in [5, 5.41) is 3.75. The van der Waals surface area contributed by atoms with Gasteiger partial charge in [0.05, 0.1) is 0 Å². The van der Waals surface area contributed by atoms with Crippen LogP contribution in [0.15, 0.2) is 18.2 Å². The van der Waals surface area contributed by atoms with Gasteiger partial charge in [0.2, 0.25) is 5.91 Å². The first kappa shape index (κ1) is 9.34. The number of fused-ring (bicyclic) bond motifs is 1. The van der Waals surface area contributed by atoms with Gasteiger partial charge in [-0.05, 0) is 30.5 Å². The third kappa shape index (κ3) is 1.68. The van der Waals surface area contributed by atoms with E-state index in [-0.39, 0.29) is 11.9 Å². The van der Waals surface area contributed by atoms with Crippen LogP contribution in [0.5, 0.6) is 0 Å². The van der Waals surface area contributed by atoms with Crippen LogP contribution in [0.2, 0.25) is 5.02 Å². The number of amides is 1. The topological polar surface area (TPSA) is 55.1 Å². The Morgan fingerprint density at radius 1 is 1.57 bits per heavy atom. The number of anilines is 1. The number of carbonyl (C=O) groups excluding carboxylic acids is 1. The first-order valence-electron chi connectivity index (χ1n) is 4.51. The maximum absolute atomic E-state index is 11.0. The molecule has 0 aliphatic carbocycles. The fraction of sp³-hybridized carbons (Fsp3) is 0.300. The molecular weight excluding hydrogens is 200 g/mol. The van der Waals surface area contributed by atoms with Crippen molar-refractivity contribution < 1.29 is 4.79 Å². The van der Waals surface area contributed by atoms with E-state index in [4.69, 9.17) is 17.3 Å². The second-order valence-electron chi connectivity index (χ2n) is 3.44. The molecule has 0 radical (unpaired) electrons. The normalized spacial score (nSPS) is 19.6. The highest BCUT2D eigenvalue weighted by Gasteiger charge is 2.21. The number of benzene rings is 1. The van der Waals surface area contributed by atoms with Gasteiger partial charge in [0, 0.05) is 10.7 Å². The average Bonchev–Trinajstić information content (AvgIpc) is 2.16. The fourth-order valence-electron chi connectivity index (χ4n) is 1.67. The molecule has 1 aromatic carbocycles. The quantitative estimate of drug-likeness (QED) is 0.739. The van der Waals surface area contributed by atoms with Crippen molar-refractivity contribution in [3.05, 3.63) is 28.8 Å². The number of aryl methyl sites for hydroxylation is 1. The first-order valence-corrected chi connectivity index (χ1v) is 4.89. The van der Waals surface area contributed by atoms with Gasteiger partial charge in [-0.15, -0.1) is 0 Å². The van der Waals surface area contributed by atoms with Crippen LogP contribution in [-0.2, 0) is 11.2 Å². The van der Waals surface area contributed by atoms with E-state index in [1.54, 1.807) is 0 Å². The zero-order valence-electron chi connectivity index (χ0n) is 7.59. The maximum Gasteiger partial charge on any atom is 0.239 e. The van der Waals surface area contributed by atoms with E-state index in [0.717, 1.165) is 18.5 Å². The number of nitrogens with one attached hydrogen (secondary N) is 1. The lowest BCUT2D eigenvalue weighted by molar-refractivity contribution is -0.118. The summed E-state index contributed by atoms with van der Waals surface area (Å²) in [5.41, 5.74) is 7.34. The predicted octanol–water partition coefficient (Wildman–Crippen LogP) is 1.55. The minimum absolute atomic E-state index is 0.263. The molecule has 0 saturated heterocycles. The van der Waals surface area contributed by atoms with Crippen LogP contribution < -0.4 is 11.1 Å². The Kier molecular flexibility index (Phi) is 2.33. The summed E-state index contributed by atoms with van der Waals surface area (Å²) in [5.74, 6) is -0.310. The van der Waals surface area contributed by atoms with Crippen LogP contribution in [0, 0.1) is 0 Å². The second-order valence-corrected chi connectivity index (χ2v) is 3.88. The largest absolute Gasteiger partial charge is 0.373 e. The first-order chi connectivity index (χ1) is 6.66. The molecule has 0 aromatic heterocycles. The Bertz CT molecular complexity index is 378. The maximum atomic E-state index is 11.0. The van der Waals surface area contributed by atoms with Gasteiger partial charge in [-0.25, -0.2) is 0 Å². The molecule has 0 bridgehead atoms. The SMILES string of the molecule is NC(=O)C1CCc2ccc(Cl)cc2N1. The second kappa shape index (κ2) is 3.50. The van der Waals surface area contributed by atoms with Crippen LogP contribution in [0.25, 0.3) is 0 Å². The molecular formula is C10H11ClN2O. The molecule has 1 unspecified atom stereocenters. The highest BCUT2D eigenvalue weighted by atomic mass is 35.5. The average molecular weight is 211 g/mol. The summed E-state index contributed by atoms with van der Waals surface area (Å²) in [7, 11) is 0. The third-order valence-electron chi connectivity index (χ3n) is 2.45. The Morgan fingerprint density at radius 3 is 3.07 bits per heavy atom. The minimum Gasteiger partial charge on any atom is -0.373 e. The number of carbonyl (C=O) groups is 1. The van der Waals surface area contributed by atoms with Gasteiger partial charge in [0.25, 0.3) is 0 Å². The summed E-state index contributed by atoms with van der Waals surface area (Å²) in [6.45, 7) is 0. The van der Waals surface area contributed by atoms with Crippen molar-refractivity contribution in [2.45, 2.75) is 18.9 Å². The molecule has 0 saturated carbocycles. The molecule has 3 N–H and O–H groups in total. The summed E-state index contributed by atoms with van der Waals surface area (Å²) in [6.07, 6.45) is 1.62. The molecule has 14 heavy (non-hydrogen) atoms. The zero-order chi connectivity index (χ0) is 10.1. The van der Waals surface area contributed by atoms with Crippen molar-refractivity contribution in [1.29, 1.82) is 0 Å². The Morgan fingerprint density at radius 2 is 2.36 bits per heavy atom. The fourth-order valence-corrected chi connectivity index (χ4v) is 1.85. The summed E-state index contributed by atoms with van der Waals surface area (Å²) in [6, 6.07) is 5.39. The van der Waals surface area contributed by atoms with Crippen molar-refractivity contribution in [3.63, 3.8) is 0 Å². The summed E-state index contributed by atoms with van der Waals surface area (Å²) >= 11 is 5.85. The van der Waals surface area contributed by atoms with Gasteiger partial charge in [0.15, 0.2) is 0 Å². The van der Waals surface area contributed by atoms with Gasteiger partial charge in [0.1, 0.15) is 6.04 Å².